The first-order valence-electron chi connectivity index (χ1n) is 8.27. The minimum atomic E-state index is 0.139. The molecule has 3 aromatic rings. The van der Waals surface area contributed by atoms with Crippen molar-refractivity contribution in [2.45, 2.75) is 19.6 Å². The van der Waals surface area contributed by atoms with Gasteiger partial charge in [0, 0.05) is 20.4 Å². The molecule has 0 aliphatic rings. The zero-order valence-electron chi connectivity index (χ0n) is 15.3. The quantitative estimate of drug-likeness (QED) is 0.643. The van der Waals surface area contributed by atoms with Crippen LogP contribution in [0.15, 0.2) is 47.1 Å². The number of ether oxygens (including phenoxy) is 2. The smallest absolute Gasteiger partial charge is 0.259 e. The van der Waals surface area contributed by atoms with E-state index in [1.807, 2.05) is 37.4 Å². The van der Waals surface area contributed by atoms with Crippen LogP contribution in [0.5, 0.6) is 5.75 Å². The van der Waals surface area contributed by atoms with E-state index in [2.05, 4.69) is 33.0 Å². The van der Waals surface area contributed by atoms with Crippen molar-refractivity contribution in [1.82, 2.24) is 15.1 Å². The van der Waals surface area contributed by atoms with Gasteiger partial charge in [0.1, 0.15) is 18.2 Å². The van der Waals surface area contributed by atoms with Gasteiger partial charge in [0.15, 0.2) is 5.82 Å². The van der Waals surface area contributed by atoms with Crippen molar-refractivity contribution < 1.29 is 14.0 Å². The average Bonchev–Trinajstić information content (AvgIpc) is 3.16. The summed E-state index contributed by atoms with van der Waals surface area (Å²) >= 11 is 0. The van der Waals surface area contributed by atoms with E-state index >= 15 is 0 Å². The lowest BCUT2D eigenvalue weighted by Crippen LogP contribution is -2.22. The van der Waals surface area contributed by atoms with Crippen LogP contribution in [-0.2, 0) is 11.3 Å². The topological polar surface area (TPSA) is 73.5 Å². The summed E-state index contributed by atoms with van der Waals surface area (Å²) < 4.78 is 15.5. The molecule has 0 fully saturated rings. The van der Waals surface area contributed by atoms with Gasteiger partial charge >= 0.3 is 0 Å². The minimum absolute atomic E-state index is 0.139. The highest BCUT2D eigenvalue weighted by Crippen LogP contribution is 2.27. The van der Waals surface area contributed by atoms with Gasteiger partial charge in [0.05, 0.1) is 18.7 Å². The van der Waals surface area contributed by atoms with Gasteiger partial charge in [-0.05, 0) is 36.8 Å². The molecular formula is C19H22N4O3. The number of pyridine rings is 1. The van der Waals surface area contributed by atoms with Gasteiger partial charge in [0.25, 0.3) is 5.89 Å². The third kappa shape index (κ3) is 3.83. The van der Waals surface area contributed by atoms with Gasteiger partial charge in [-0.1, -0.05) is 17.3 Å². The van der Waals surface area contributed by atoms with Crippen LogP contribution in [0, 0.1) is 0 Å². The van der Waals surface area contributed by atoms with Gasteiger partial charge in [-0.3, -0.25) is 0 Å². The van der Waals surface area contributed by atoms with Crippen LogP contribution in [0.1, 0.15) is 24.4 Å². The molecule has 2 aromatic heterocycles. The van der Waals surface area contributed by atoms with E-state index in [0.717, 1.165) is 22.7 Å². The molecule has 0 aliphatic heterocycles. The zero-order chi connectivity index (χ0) is 18.5. The van der Waals surface area contributed by atoms with Crippen LogP contribution >= 0.6 is 0 Å². The Hall–Kier alpha value is -2.93. The summed E-state index contributed by atoms with van der Waals surface area (Å²) in [6.07, 6.45) is 1.73. The molecule has 0 radical (unpaired) electrons. The standard InChI is InChI=1S/C19H22N4O3/c1-13(14-6-5-7-16(10-14)25-4)23(2)18-9-8-15(11-20-18)19-21-17(12-24-3)22-26-19/h5-11,13H,12H2,1-4H3. The van der Waals surface area contributed by atoms with Crippen molar-refractivity contribution in [2.24, 2.45) is 0 Å². The SMILES string of the molecule is COCc1noc(-c2ccc(N(C)C(C)c3cccc(OC)c3)nc2)n1. The molecule has 7 heteroatoms. The maximum atomic E-state index is 5.31. The fraction of sp³-hybridized carbons (Fsp3) is 0.316. The fourth-order valence-corrected chi connectivity index (χ4v) is 2.60. The number of hydrogen-bond donors (Lipinski definition) is 0. The van der Waals surface area contributed by atoms with Crippen molar-refractivity contribution in [2.75, 3.05) is 26.2 Å². The molecule has 0 bridgehead atoms. The Bertz CT molecular complexity index is 848. The lowest BCUT2D eigenvalue weighted by Gasteiger charge is -2.26. The maximum absolute atomic E-state index is 5.31. The summed E-state index contributed by atoms with van der Waals surface area (Å²) in [5.74, 6) is 2.63. The second kappa shape index (κ2) is 7.97. The first-order valence-corrected chi connectivity index (χ1v) is 8.27. The van der Waals surface area contributed by atoms with E-state index in [9.17, 15) is 0 Å². The normalized spacial score (nSPS) is 12.0. The molecule has 0 saturated carbocycles. The molecule has 0 spiro atoms. The van der Waals surface area contributed by atoms with E-state index in [-0.39, 0.29) is 6.04 Å². The van der Waals surface area contributed by atoms with Crippen molar-refractivity contribution in [3.05, 3.63) is 54.0 Å². The number of nitrogens with zero attached hydrogens (tertiary/aromatic N) is 4. The van der Waals surface area contributed by atoms with Gasteiger partial charge < -0.3 is 18.9 Å². The van der Waals surface area contributed by atoms with Crippen molar-refractivity contribution in [1.29, 1.82) is 0 Å². The zero-order valence-corrected chi connectivity index (χ0v) is 15.3. The molecule has 0 saturated heterocycles. The molecule has 1 unspecified atom stereocenters. The molecule has 26 heavy (non-hydrogen) atoms. The van der Waals surface area contributed by atoms with E-state index in [0.29, 0.717) is 18.3 Å². The molecule has 7 nitrogen and oxygen atoms in total. The Morgan fingerprint density at radius 2 is 2.04 bits per heavy atom. The second-order valence-electron chi connectivity index (χ2n) is 5.92. The second-order valence-corrected chi connectivity index (χ2v) is 5.92. The Morgan fingerprint density at radius 3 is 2.73 bits per heavy atom. The van der Waals surface area contributed by atoms with Gasteiger partial charge in [-0.15, -0.1) is 0 Å². The van der Waals surface area contributed by atoms with E-state index in [1.165, 1.54) is 0 Å². The van der Waals surface area contributed by atoms with Crippen molar-refractivity contribution >= 4 is 5.82 Å². The molecule has 2 heterocycles. The Kier molecular flexibility index (Phi) is 5.48. The van der Waals surface area contributed by atoms with Crippen LogP contribution < -0.4 is 9.64 Å². The van der Waals surface area contributed by atoms with Crippen LogP contribution in [0.25, 0.3) is 11.5 Å². The Balaban J connectivity index is 1.76. The van der Waals surface area contributed by atoms with Crippen LogP contribution in [0.2, 0.25) is 0 Å². The predicted molar refractivity (Wildman–Crippen MR) is 98.1 cm³/mol. The molecule has 1 atom stereocenters. The number of hydrogen-bond acceptors (Lipinski definition) is 7. The molecule has 3 rings (SSSR count). The number of methoxy groups -OCH3 is 2. The molecule has 136 valence electrons. The summed E-state index contributed by atoms with van der Waals surface area (Å²) in [7, 11) is 5.27. The number of benzene rings is 1. The van der Waals surface area contributed by atoms with Gasteiger partial charge in [0.2, 0.25) is 0 Å². The van der Waals surface area contributed by atoms with Crippen LogP contribution in [0.3, 0.4) is 0 Å². The predicted octanol–water partition coefficient (Wildman–Crippen LogP) is 3.48. The van der Waals surface area contributed by atoms with E-state index in [1.54, 1.807) is 20.4 Å². The van der Waals surface area contributed by atoms with E-state index < -0.39 is 0 Å². The van der Waals surface area contributed by atoms with Gasteiger partial charge in [-0.25, -0.2) is 4.98 Å². The Morgan fingerprint density at radius 1 is 1.19 bits per heavy atom. The van der Waals surface area contributed by atoms with Crippen molar-refractivity contribution in [3.8, 4) is 17.2 Å². The summed E-state index contributed by atoms with van der Waals surface area (Å²) in [4.78, 5) is 10.9. The molecule has 0 aliphatic carbocycles. The van der Waals surface area contributed by atoms with E-state index in [4.69, 9.17) is 14.0 Å². The highest BCUT2D eigenvalue weighted by molar-refractivity contribution is 5.55. The van der Waals surface area contributed by atoms with Crippen LogP contribution in [-0.4, -0.2) is 36.4 Å². The van der Waals surface area contributed by atoms with Crippen molar-refractivity contribution in [3.63, 3.8) is 0 Å². The average molecular weight is 354 g/mol. The first-order chi connectivity index (χ1) is 12.6. The summed E-state index contributed by atoms with van der Waals surface area (Å²) in [5, 5.41) is 3.86. The third-order valence-electron chi connectivity index (χ3n) is 4.25. The largest absolute Gasteiger partial charge is 0.497 e. The summed E-state index contributed by atoms with van der Waals surface area (Å²) in [6.45, 7) is 2.44. The highest BCUT2D eigenvalue weighted by Gasteiger charge is 2.15. The number of rotatable bonds is 7. The summed E-state index contributed by atoms with van der Waals surface area (Å²) in [5.41, 5.74) is 1.92. The number of anilines is 1. The lowest BCUT2D eigenvalue weighted by molar-refractivity contribution is 0.174. The lowest BCUT2D eigenvalue weighted by atomic mass is 10.1. The Labute approximate surface area is 152 Å². The molecule has 0 N–H and O–H groups in total. The molecule has 1 aromatic carbocycles. The van der Waals surface area contributed by atoms with Gasteiger partial charge in [-0.2, -0.15) is 4.98 Å². The third-order valence-corrected chi connectivity index (χ3v) is 4.25. The molecular weight excluding hydrogens is 332 g/mol. The maximum Gasteiger partial charge on any atom is 0.259 e. The fourth-order valence-electron chi connectivity index (χ4n) is 2.60. The highest BCUT2D eigenvalue weighted by atomic mass is 16.5. The minimum Gasteiger partial charge on any atom is -0.497 e. The van der Waals surface area contributed by atoms with Crippen LogP contribution in [0.4, 0.5) is 5.82 Å². The monoisotopic (exact) mass is 354 g/mol. The molecule has 0 amide bonds. The summed E-state index contributed by atoms with van der Waals surface area (Å²) in [6, 6.07) is 12.0. The number of aromatic nitrogens is 3. The first kappa shape index (κ1) is 17.9.